The highest BCUT2D eigenvalue weighted by molar-refractivity contribution is 6.30. The predicted octanol–water partition coefficient (Wildman–Crippen LogP) is 3.19. The molecule has 0 heterocycles. The Morgan fingerprint density at radius 1 is 1.14 bits per heavy atom. The summed E-state index contributed by atoms with van der Waals surface area (Å²) in [6.45, 7) is 0. The molecule has 116 valence electrons. The van der Waals surface area contributed by atoms with Crippen molar-refractivity contribution in [1.29, 1.82) is 0 Å². The van der Waals surface area contributed by atoms with Crippen LogP contribution in [0.25, 0.3) is 0 Å². The zero-order chi connectivity index (χ0) is 16.1. The lowest BCUT2D eigenvalue weighted by molar-refractivity contribution is -0.122. The van der Waals surface area contributed by atoms with Gasteiger partial charge in [-0.1, -0.05) is 29.8 Å². The molecule has 1 amide bonds. The first kappa shape index (κ1) is 16.2. The highest BCUT2D eigenvalue weighted by Crippen LogP contribution is 2.20. The Kier molecular flexibility index (Phi) is 5.30. The van der Waals surface area contributed by atoms with E-state index in [1.807, 2.05) is 0 Å². The Hall–Kier alpha value is -2.18. The first-order valence-corrected chi connectivity index (χ1v) is 6.77. The van der Waals surface area contributed by atoms with Gasteiger partial charge in [-0.05, 0) is 29.8 Å². The molecule has 22 heavy (non-hydrogen) atoms. The summed E-state index contributed by atoms with van der Waals surface area (Å²) in [6, 6.07) is 9.67. The van der Waals surface area contributed by atoms with Crippen molar-refractivity contribution in [3.63, 3.8) is 0 Å². The Balaban J connectivity index is 1.91. The fourth-order valence-corrected chi connectivity index (χ4v) is 1.90. The molecular formula is C15H13ClF2N2O2. The lowest BCUT2D eigenvalue weighted by Gasteiger charge is -2.13. The van der Waals surface area contributed by atoms with Crippen LogP contribution in [0.5, 0.6) is 0 Å². The normalized spacial score (nSPS) is 11.8. The predicted molar refractivity (Wildman–Crippen MR) is 79.2 cm³/mol. The number of hydrogen-bond acceptors (Lipinski definition) is 3. The molecule has 1 atom stereocenters. The molecule has 0 saturated carbocycles. The maximum absolute atomic E-state index is 13.4. The van der Waals surface area contributed by atoms with Crippen molar-refractivity contribution < 1.29 is 18.7 Å². The van der Waals surface area contributed by atoms with Gasteiger partial charge >= 0.3 is 0 Å². The van der Waals surface area contributed by atoms with Crippen LogP contribution in [0.2, 0.25) is 5.02 Å². The van der Waals surface area contributed by atoms with Gasteiger partial charge in [-0.2, -0.15) is 0 Å². The van der Waals surface area contributed by atoms with Crippen LogP contribution in [0.1, 0.15) is 18.1 Å². The third kappa shape index (κ3) is 4.16. The minimum absolute atomic E-state index is 0.273. The molecule has 4 nitrogen and oxygen atoms in total. The van der Waals surface area contributed by atoms with Crippen LogP contribution in [0.4, 0.5) is 14.5 Å². The van der Waals surface area contributed by atoms with Gasteiger partial charge in [0.15, 0.2) is 11.6 Å². The smallest absolute Gasteiger partial charge is 0.241 e. The van der Waals surface area contributed by atoms with E-state index in [9.17, 15) is 18.7 Å². The van der Waals surface area contributed by atoms with Crippen molar-refractivity contribution in [3.05, 3.63) is 64.7 Å². The highest BCUT2D eigenvalue weighted by Gasteiger charge is 2.14. The largest absolute Gasteiger partial charge is 0.388 e. The van der Waals surface area contributed by atoms with E-state index in [4.69, 9.17) is 11.6 Å². The molecular weight excluding hydrogens is 314 g/mol. The van der Waals surface area contributed by atoms with E-state index in [0.29, 0.717) is 10.6 Å². The molecule has 7 heteroatoms. The van der Waals surface area contributed by atoms with Gasteiger partial charge in [-0.15, -0.1) is 0 Å². The number of carbonyl (C=O) groups is 1. The zero-order valence-electron chi connectivity index (χ0n) is 11.3. The van der Waals surface area contributed by atoms with Gasteiger partial charge in [0.2, 0.25) is 5.91 Å². The average molecular weight is 327 g/mol. The maximum atomic E-state index is 13.4. The quantitative estimate of drug-likeness (QED) is 0.740. The van der Waals surface area contributed by atoms with Gasteiger partial charge in [0.25, 0.3) is 0 Å². The number of hydrazine groups is 1. The number of aliphatic hydroxyl groups excluding tert-OH is 1. The topological polar surface area (TPSA) is 61.4 Å². The number of amides is 1. The second-order valence-electron chi connectivity index (χ2n) is 4.54. The Morgan fingerprint density at radius 2 is 1.73 bits per heavy atom. The average Bonchev–Trinajstić information content (AvgIpc) is 2.47. The van der Waals surface area contributed by atoms with Gasteiger partial charge in [0.05, 0.1) is 12.5 Å². The molecule has 0 radical (unpaired) electrons. The molecule has 2 rings (SSSR count). The first-order chi connectivity index (χ1) is 10.5. The van der Waals surface area contributed by atoms with Gasteiger partial charge in [0.1, 0.15) is 5.69 Å². The summed E-state index contributed by atoms with van der Waals surface area (Å²) >= 11 is 5.73. The van der Waals surface area contributed by atoms with Crippen LogP contribution < -0.4 is 10.9 Å². The van der Waals surface area contributed by atoms with E-state index < -0.39 is 29.3 Å². The number of anilines is 1. The van der Waals surface area contributed by atoms with E-state index in [1.165, 1.54) is 6.07 Å². The lowest BCUT2D eigenvalue weighted by Crippen LogP contribution is -2.31. The molecule has 0 saturated heterocycles. The van der Waals surface area contributed by atoms with Gasteiger partial charge in [-0.25, -0.2) is 8.78 Å². The maximum Gasteiger partial charge on any atom is 0.241 e. The molecule has 0 spiro atoms. The summed E-state index contributed by atoms with van der Waals surface area (Å²) in [5, 5.41) is 10.4. The van der Waals surface area contributed by atoms with Gasteiger partial charge in [-0.3, -0.25) is 15.6 Å². The van der Waals surface area contributed by atoms with Crippen LogP contribution in [0.15, 0.2) is 42.5 Å². The summed E-state index contributed by atoms with van der Waals surface area (Å²) in [4.78, 5) is 11.7. The van der Waals surface area contributed by atoms with E-state index in [1.54, 1.807) is 24.3 Å². The van der Waals surface area contributed by atoms with Crippen LogP contribution in [0, 0.1) is 11.6 Å². The number of hydrogen-bond donors (Lipinski definition) is 3. The number of carbonyl (C=O) groups excluding carboxylic acids is 1. The summed E-state index contributed by atoms with van der Waals surface area (Å²) in [5.74, 6) is -2.29. The van der Waals surface area contributed by atoms with Crippen molar-refractivity contribution in [2.45, 2.75) is 12.5 Å². The molecule has 0 aromatic heterocycles. The first-order valence-electron chi connectivity index (χ1n) is 6.40. The second kappa shape index (κ2) is 7.20. The van der Waals surface area contributed by atoms with Crippen molar-refractivity contribution in [3.8, 4) is 0 Å². The highest BCUT2D eigenvalue weighted by atomic mass is 35.5. The third-order valence-corrected chi connectivity index (χ3v) is 3.18. The number of halogens is 3. The summed E-state index contributed by atoms with van der Waals surface area (Å²) in [7, 11) is 0. The van der Waals surface area contributed by atoms with Crippen molar-refractivity contribution in [2.24, 2.45) is 0 Å². The minimum Gasteiger partial charge on any atom is -0.388 e. The second-order valence-corrected chi connectivity index (χ2v) is 4.98. The summed E-state index contributed by atoms with van der Waals surface area (Å²) in [6.07, 6.45) is -1.32. The van der Waals surface area contributed by atoms with Crippen molar-refractivity contribution in [2.75, 3.05) is 5.43 Å². The molecule has 2 aromatic carbocycles. The van der Waals surface area contributed by atoms with Crippen molar-refractivity contribution >= 4 is 23.2 Å². The fourth-order valence-electron chi connectivity index (χ4n) is 1.78. The summed E-state index contributed by atoms with van der Waals surface area (Å²) < 4.78 is 26.7. The molecule has 1 unspecified atom stereocenters. The van der Waals surface area contributed by atoms with E-state index in [0.717, 1.165) is 12.1 Å². The van der Waals surface area contributed by atoms with Gasteiger partial charge < -0.3 is 5.11 Å². The number of nitrogens with one attached hydrogen (secondary N) is 2. The van der Waals surface area contributed by atoms with Gasteiger partial charge in [0, 0.05) is 5.02 Å². The Bertz CT molecular complexity index is 645. The number of benzene rings is 2. The Morgan fingerprint density at radius 3 is 2.32 bits per heavy atom. The van der Waals surface area contributed by atoms with E-state index in [-0.39, 0.29) is 6.42 Å². The van der Waals surface area contributed by atoms with E-state index >= 15 is 0 Å². The SMILES string of the molecule is O=C(CC(O)c1ccc(Cl)cc1)NNc1c(F)cccc1F. The van der Waals surface area contributed by atoms with Crippen molar-refractivity contribution in [1.82, 2.24) is 5.43 Å². The molecule has 0 fully saturated rings. The molecule has 0 bridgehead atoms. The standard InChI is InChI=1S/C15H13ClF2N2O2/c16-10-6-4-9(5-7-10)13(21)8-14(22)19-20-15-11(17)2-1-3-12(15)18/h1-7,13,20-21H,8H2,(H,19,22). The van der Waals surface area contributed by atoms with Crippen LogP contribution >= 0.6 is 11.6 Å². The fraction of sp³-hybridized carbons (Fsp3) is 0.133. The molecule has 0 aliphatic carbocycles. The minimum atomic E-state index is -1.05. The van der Waals surface area contributed by atoms with Crippen LogP contribution in [-0.2, 0) is 4.79 Å². The zero-order valence-corrected chi connectivity index (χ0v) is 12.1. The molecule has 0 aliphatic rings. The third-order valence-electron chi connectivity index (χ3n) is 2.92. The molecule has 2 aromatic rings. The number of para-hydroxylation sites is 1. The van der Waals surface area contributed by atoms with Crippen LogP contribution in [0.3, 0.4) is 0 Å². The summed E-state index contributed by atoms with van der Waals surface area (Å²) in [5.41, 5.74) is 4.35. The molecule has 3 N–H and O–H groups in total. The number of rotatable bonds is 5. The Labute approximate surface area is 130 Å². The monoisotopic (exact) mass is 326 g/mol. The molecule has 0 aliphatic heterocycles. The lowest BCUT2D eigenvalue weighted by atomic mass is 10.1. The van der Waals surface area contributed by atoms with E-state index in [2.05, 4.69) is 10.9 Å². The number of aliphatic hydroxyl groups is 1. The van der Waals surface area contributed by atoms with Crippen LogP contribution in [-0.4, -0.2) is 11.0 Å².